The Kier molecular flexibility index (Phi) is 4.79. The molecule has 0 spiro atoms. The van der Waals surface area contributed by atoms with Crippen molar-refractivity contribution in [2.24, 2.45) is 0 Å². The Balaban J connectivity index is 2.50. The van der Waals surface area contributed by atoms with Crippen LogP contribution in [-0.2, 0) is 11.3 Å². The molecule has 1 atom stereocenters. The summed E-state index contributed by atoms with van der Waals surface area (Å²) in [6, 6.07) is 7.04. The summed E-state index contributed by atoms with van der Waals surface area (Å²) in [6.45, 7) is 8.06. The number of rotatable bonds is 5. The third-order valence-electron chi connectivity index (χ3n) is 2.35. The fourth-order valence-corrected chi connectivity index (χ4v) is 1.77. The van der Waals surface area contributed by atoms with Crippen LogP contribution in [0.1, 0.15) is 23.6 Å². The zero-order chi connectivity index (χ0) is 11.3. The highest BCUT2D eigenvalue weighted by molar-refractivity contribution is 5.28. The van der Waals surface area contributed by atoms with E-state index in [1.54, 1.807) is 7.11 Å². The van der Waals surface area contributed by atoms with E-state index in [9.17, 15) is 0 Å². The normalized spacial score (nSPS) is 12.8. The van der Waals surface area contributed by atoms with Gasteiger partial charge in [-0.15, -0.1) is 0 Å². The molecule has 15 heavy (non-hydrogen) atoms. The zero-order valence-electron chi connectivity index (χ0n) is 10.1. The first-order chi connectivity index (χ1) is 7.11. The minimum absolute atomic E-state index is 0.399. The lowest BCUT2D eigenvalue weighted by molar-refractivity contribution is 0.171. The summed E-state index contributed by atoms with van der Waals surface area (Å²) in [5.74, 6) is 0. The second kappa shape index (κ2) is 5.89. The van der Waals surface area contributed by atoms with Crippen molar-refractivity contribution in [1.29, 1.82) is 0 Å². The molecule has 0 aromatic heterocycles. The molecule has 1 unspecified atom stereocenters. The van der Waals surface area contributed by atoms with Crippen molar-refractivity contribution in [3.05, 3.63) is 34.9 Å². The molecule has 0 amide bonds. The molecule has 2 nitrogen and oxygen atoms in total. The fraction of sp³-hybridized carbons (Fsp3) is 0.538. The van der Waals surface area contributed by atoms with Crippen molar-refractivity contribution in [2.45, 2.75) is 33.4 Å². The summed E-state index contributed by atoms with van der Waals surface area (Å²) in [5, 5.41) is 3.43. The predicted octanol–water partition coefficient (Wildman–Crippen LogP) is 2.43. The molecule has 0 radical (unpaired) electrons. The molecule has 1 N–H and O–H groups in total. The lowest BCUT2D eigenvalue weighted by Crippen LogP contribution is -2.29. The Bertz CT molecular complexity index is 289. The monoisotopic (exact) mass is 207 g/mol. The molecule has 0 heterocycles. The third kappa shape index (κ3) is 4.45. The maximum absolute atomic E-state index is 5.08. The first-order valence-electron chi connectivity index (χ1n) is 5.41. The number of ether oxygens (including phenoxy) is 1. The van der Waals surface area contributed by atoms with Gasteiger partial charge in [0, 0.05) is 19.7 Å². The van der Waals surface area contributed by atoms with Crippen molar-refractivity contribution in [1.82, 2.24) is 5.32 Å². The van der Waals surface area contributed by atoms with E-state index in [0.717, 1.165) is 13.2 Å². The number of nitrogens with one attached hydrogen (secondary N) is 1. The SMILES string of the molecule is COCC(C)NCc1cc(C)cc(C)c1. The van der Waals surface area contributed by atoms with Gasteiger partial charge in [0.25, 0.3) is 0 Å². The third-order valence-corrected chi connectivity index (χ3v) is 2.35. The molecule has 0 aliphatic carbocycles. The Morgan fingerprint density at radius 3 is 2.33 bits per heavy atom. The van der Waals surface area contributed by atoms with Crippen LogP contribution >= 0.6 is 0 Å². The van der Waals surface area contributed by atoms with Gasteiger partial charge in [-0.3, -0.25) is 0 Å². The predicted molar refractivity (Wildman–Crippen MR) is 64.1 cm³/mol. The van der Waals surface area contributed by atoms with Crippen LogP contribution in [0.4, 0.5) is 0 Å². The molecular formula is C13H21NO. The maximum Gasteiger partial charge on any atom is 0.0613 e. The van der Waals surface area contributed by atoms with E-state index in [2.05, 4.69) is 44.3 Å². The highest BCUT2D eigenvalue weighted by Gasteiger charge is 2.01. The van der Waals surface area contributed by atoms with Crippen LogP contribution in [0.5, 0.6) is 0 Å². The van der Waals surface area contributed by atoms with Gasteiger partial charge in [0.2, 0.25) is 0 Å². The van der Waals surface area contributed by atoms with Gasteiger partial charge in [-0.05, 0) is 26.3 Å². The second-order valence-corrected chi connectivity index (χ2v) is 4.23. The molecule has 1 aromatic carbocycles. The van der Waals surface area contributed by atoms with Crippen LogP contribution < -0.4 is 5.32 Å². The van der Waals surface area contributed by atoms with Crippen molar-refractivity contribution >= 4 is 0 Å². The van der Waals surface area contributed by atoms with Crippen LogP contribution in [0.2, 0.25) is 0 Å². The average molecular weight is 207 g/mol. The molecule has 2 heteroatoms. The Labute approximate surface area is 92.6 Å². The van der Waals surface area contributed by atoms with E-state index in [4.69, 9.17) is 4.74 Å². The van der Waals surface area contributed by atoms with E-state index < -0.39 is 0 Å². The van der Waals surface area contributed by atoms with Crippen LogP contribution in [0.25, 0.3) is 0 Å². The van der Waals surface area contributed by atoms with Gasteiger partial charge in [-0.1, -0.05) is 29.3 Å². The topological polar surface area (TPSA) is 21.3 Å². The molecule has 0 saturated heterocycles. The Morgan fingerprint density at radius 2 is 1.80 bits per heavy atom. The summed E-state index contributed by atoms with van der Waals surface area (Å²) in [5.41, 5.74) is 3.99. The summed E-state index contributed by atoms with van der Waals surface area (Å²) < 4.78 is 5.08. The minimum atomic E-state index is 0.399. The number of methoxy groups -OCH3 is 1. The zero-order valence-corrected chi connectivity index (χ0v) is 10.1. The molecule has 84 valence electrons. The second-order valence-electron chi connectivity index (χ2n) is 4.23. The minimum Gasteiger partial charge on any atom is -0.383 e. The largest absolute Gasteiger partial charge is 0.383 e. The molecule has 1 aromatic rings. The summed E-state index contributed by atoms with van der Waals surface area (Å²) in [4.78, 5) is 0. The number of hydrogen-bond donors (Lipinski definition) is 1. The summed E-state index contributed by atoms with van der Waals surface area (Å²) in [7, 11) is 1.73. The first-order valence-corrected chi connectivity index (χ1v) is 5.41. The smallest absolute Gasteiger partial charge is 0.0613 e. The maximum atomic E-state index is 5.08. The summed E-state index contributed by atoms with van der Waals surface area (Å²) in [6.07, 6.45) is 0. The van der Waals surface area contributed by atoms with Crippen molar-refractivity contribution in [2.75, 3.05) is 13.7 Å². The van der Waals surface area contributed by atoms with E-state index in [1.807, 2.05) is 0 Å². The fourth-order valence-electron chi connectivity index (χ4n) is 1.77. The standard InChI is InChI=1S/C13H21NO/c1-10-5-11(2)7-13(6-10)8-14-12(3)9-15-4/h5-7,12,14H,8-9H2,1-4H3. The quantitative estimate of drug-likeness (QED) is 0.800. The Hall–Kier alpha value is -0.860. The lowest BCUT2D eigenvalue weighted by Gasteiger charge is -2.13. The lowest BCUT2D eigenvalue weighted by atomic mass is 10.1. The number of aryl methyl sites for hydroxylation is 2. The van der Waals surface area contributed by atoms with Gasteiger partial charge >= 0.3 is 0 Å². The first kappa shape index (κ1) is 12.2. The van der Waals surface area contributed by atoms with E-state index >= 15 is 0 Å². The van der Waals surface area contributed by atoms with E-state index in [-0.39, 0.29) is 0 Å². The molecule has 0 aliphatic heterocycles. The van der Waals surface area contributed by atoms with Crippen molar-refractivity contribution in [3.8, 4) is 0 Å². The highest BCUT2D eigenvalue weighted by Crippen LogP contribution is 2.08. The van der Waals surface area contributed by atoms with Gasteiger partial charge in [0.15, 0.2) is 0 Å². The van der Waals surface area contributed by atoms with Crippen molar-refractivity contribution in [3.63, 3.8) is 0 Å². The molecular weight excluding hydrogens is 186 g/mol. The molecule has 1 rings (SSSR count). The molecule has 0 bridgehead atoms. The van der Waals surface area contributed by atoms with Gasteiger partial charge in [0.1, 0.15) is 0 Å². The van der Waals surface area contributed by atoms with E-state index in [0.29, 0.717) is 6.04 Å². The number of benzene rings is 1. The number of hydrogen-bond acceptors (Lipinski definition) is 2. The van der Waals surface area contributed by atoms with Crippen LogP contribution in [0, 0.1) is 13.8 Å². The average Bonchev–Trinajstić information content (AvgIpc) is 2.14. The van der Waals surface area contributed by atoms with Crippen molar-refractivity contribution < 1.29 is 4.74 Å². The van der Waals surface area contributed by atoms with Gasteiger partial charge in [0.05, 0.1) is 6.61 Å². The highest BCUT2D eigenvalue weighted by atomic mass is 16.5. The van der Waals surface area contributed by atoms with Gasteiger partial charge in [-0.25, -0.2) is 0 Å². The van der Waals surface area contributed by atoms with Gasteiger partial charge in [-0.2, -0.15) is 0 Å². The van der Waals surface area contributed by atoms with Crippen LogP contribution in [0.3, 0.4) is 0 Å². The summed E-state index contributed by atoms with van der Waals surface area (Å²) >= 11 is 0. The van der Waals surface area contributed by atoms with Crippen LogP contribution in [0.15, 0.2) is 18.2 Å². The van der Waals surface area contributed by atoms with Crippen LogP contribution in [-0.4, -0.2) is 19.8 Å². The molecule has 0 saturated carbocycles. The van der Waals surface area contributed by atoms with E-state index in [1.165, 1.54) is 16.7 Å². The molecule has 0 aliphatic rings. The van der Waals surface area contributed by atoms with Gasteiger partial charge < -0.3 is 10.1 Å². The molecule has 0 fully saturated rings. The Morgan fingerprint density at radius 1 is 1.20 bits per heavy atom.